The van der Waals surface area contributed by atoms with Crippen molar-refractivity contribution in [1.82, 2.24) is 9.88 Å². The van der Waals surface area contributed by atoms with E-state index in [0.29, 0.717) is 30.3 Å². The minimum absolute atomic E-state index is 0.133. The van der Waals surface area contributed by atoms with Gasteiger partial charge in [0.05, 0.1) is 19.9 Å². The normalized spacial score (nSPS) is 14.2. The zero-order valence-corrected chi connectivity index (χ0v) is 16.1. The van der Waals surface area contributed by atoms with Crippen LogP contribution in [0, 0.1) is 0 Å². The van der Waals surface area contributed by atoms with Crippen LogP contribution in [0.1, 0.15) is 0 Å². The van der Waals surface area contributed by atoms with Crippen LogP contribution in [0.15, 0.2) is 48.7 Å². The van der Waals surface area contributed by atoms with Gasteiger partial charge in [-0.3, -0.25) is 0 Å². The van der Waals surface area contributed by atoms with E-state index in [4.69, 9.17) is 9.47 Å². The number of urea groups is 1. The second-order valence-corrected chi connectivity index (χ2v) is 6.69. The molecule has 0 aliphatic carbocycles. The van der Waals surface area contributed by atoms with Crippen LogP contribution in [0.2, 0.25) is 0 Å². The number of nitrogens with one attached hydrogen (secondary N) is 2. The summed E-state index contributed by atoms with van der Waals surface area (Å²) in [5.41, 5.74) is 2.93. The molecule has 28 heavy (non-hydrogen) atoms. The van der Waals surface area contributed by atoms with E-state index in [1.807, 2.05) is 11.1 Å². The molecule has 7 nitrogen and oxygen atoms in total. The Kier molecular flexibility index (Phi) is 4.97. The Morgan fingerprint density at radius 1 is 1.04 bits per heavy atom. The number of aromatic nitrogens is 1. The molecule has 1 aliphatic rings. The third-order valence-electron chi connectivity index (χ3n) is 5.13. The SMILES string of the molecule is COc1ccc(OC)c(NC(=O)N2CCN(c3cccc4[nH]ccc34)CC2)c1. The molecule has 0 saturated carbocycles. The summed E-state index contributed by atoms with van der Waals surface area (Å²) in [6, 6.07) is 13.6. The summed E-state index contributed by atoms with van der Waals surface area (Å²) in [6.45, 7) is 2.87. The van der Waals surface area contributed by atoms with Crippen molar-refractivity contribution in [1.29, 1.82) is 0 Å². The fraction of sp³-hybridized carbons (Fsp3) is 0.286. The minimum atomic E-state index is -0.133. The number of H-pyrrole nitrogens is 1. The molecule has 1 aliphatic heterocycles. The first-order valence-electron chi connectivity index (χ1n) is 9.28. The molecule has 2 aromatic carbocycles. The average molecular weight is 380 g/mol. The highest BCUT2D eigenvalue weighted by Crippen LogP contribution is 2.30. The van der Waals surface area contributed by atoms with Crippen molar-refractivity contribution in [3.63, 3.8) is 0 Å². The van der Waals surface area contributed by atoms with Crippen LogP contribution in [0.5, 0.6) is 11.5 Å². The number of hydrogen-bond acceptors (Lipinski definition) is 4. The third kappa shape index (κ3) is 3.43. The third-order valence-corrected chi connectivity index (χ3v) is 5.13. The number of carbonyl (C=O) groups excluding carboxylic acids is 1. The number of anilines is 2. The van der Waals surface area contributed by atoms with E-state index in [1.54, 1.807) is 32.4 Å². The Hall–Kier alpha value is -3.35. The van der Waals surface area contributed by atoms with Gasteiger partial charge in [-0.2, -0.15) is 0 Å². The van der Waals surface area contributed by atoms with Crippen LogP contribution >= 0.6 is 0 Å². The van der Waals surface area contributed by atoms with E-state index in [1.165, 1.54) is 11.1 Å². The Balaban J connectivity index is 1.43. The largest absolute Gasteiger partial charge is 0.497 e. The summed E-state index contributed by atoms with van der Waals surface area (Å²) in [6.07, 6.45) is 1.96. The molecule has 1 saturated heterocycles. The van der Waals surface area contributed by atoms with Crippen molar-refractivity contribution in [3.8, 4) is 11.5 Å². The highest BCUT2D eigenvalue weighted by Gasteiger charge is 2.23. The number of carbonyl (C=O) groups is 1. The monoisotopic (exact) mass is 380 g/mol. The molecular weight excluding hydrogens is 356 g/mol. The topological polar surface area (TPSA) is 69.8 Å². The summed E-state index contributed by atoms with van der Waals surface area (Å²) < 4.78 is 10.6. The lowest BCUT2D eigenvalue weighted by Crippen LogP contribution is -2.50. The number of hydrogen-bond donors (Lipinski definition) is 2. The van der Waals surface area contributed by atoms with Gasteiger partial charge < -0.3 is 29.6 Å². The molecule has 146 valence electrons. The summed E-state index contributed by atoms with van der Waals surface area (Å²) in [4.78, 5) is 20.1. The molecule has 4 rings (SSSR count). The van der Waals surface area contributed by atoms with E-state index in [9.17, 15) is 4.79 Å². The van der Waals surface area contributed by atoms with E-state index >= 15 is 0 Å². The van der Waals surface area contributed by atoms with E-state index < -0.39 is 0 Å². The van der Waals surface area contributed by atoms with Gasteiger partial charge in [0.1, 0.15) is 11.5 Å². The highest BCUT2D eigenvalue weighted by molar-refractivity contribution is 5.93. The molecule has 1 aromatic heterocycles. The van der Waals surface area contributed by atoms with Gasteiger partial charge in [0.2, 0.25) is 0 Å². The van der Waals surface area contributed by atoms with Crippen molar-refractivity contribution in [2.75, 3.05) is 50.6 Å². The maximum Gasteiger partial charge on any atom is 0.322 e. The number of rotatable bonds is 4. The standard InChI is InChI=1S/C21H24N4O3/c1-27-15-6-7-20(28-2)18(14-15)23-21(26)25-12-10-24(11-13-25)19-5-3-4-17-16(19)8-9-22-17/h3-9,14,22H,10-13H2,1-2H3,(H,23,26). The lowest BCUT2D eigenvalue weighted by Gasteiger charge is -2.36. The number of fused-ring (bicyclic) bond motifs is 1. The van der Waals surface area contributed by atoms with Crippen molar-refractivity contribution in [2.45, 2.75) is 0 Å². The van der Waals surface area contributed by atoms with Gasteiger partial charge >= 0.3 is 6.03 Å². The van der Waals surface area contributed by atoms with Gasteiger partial charge in [-0.15, -0.1) is 0 Å². The van der Waals surface area contributed by atoms with Crippen LogP contribution in [-0.2, 0) is 0 Å². The Morgan fingerprint density at radius 3 is 2.61 bits per heavy atom. The first-order valence-corrected chi connectivity index (χ1v) is 9.28. The average Bonchev–Trinajstić information content (AvgIpc) is 3.22. The van der Waals surface area contributed by atoms with Crippen LogP contribution in [-0.4, -0.2) is 56.3 Å². The molecule has 2 heterocycles. The maximum absolute atomic E-state index is 12.7. The molecule has 3 aromatic rings. The Labute approximate surface area is 163 Å². The van der Waals surface area contributed by atoms with E-state index in [2.05, 4.69) is 39.5 Å². The van der Waals surface area contributed by atoms with E-state index in [-0.39, 0.29) is 6.03 Å². The molecule has 2 amide bonds. The minimum Gasteiger partial charge on any atom is -0.497 e. The van der Waals surface area contributed by atoms with Crippen molar-refractivity contribution in [2.24, 2.45) is 0 Å². The molecule has 0 spiro atoms. The number of ether oxygens (including phenoxy) is 2. The first kappa shape index (κ1) is 18.0. The molecular formula is C21H24N4O3. The lowest BCUT2D eigenvalue weighted by atomic mass is 10.2. The van der Waals surface area contributed by atoms with Crippen LogP contribution < -0.4 is 19.7 Å². The van der Waals surface area contributed by atoms with E-state index in [0.717, 1.165) is 18.6 Å². The van der Waals surface area contributed by atoms with Crippen molar-refractivity contribution in [3.05, 3.63) is 48.7 Å². The van der Waals surface area contributed by atoms with Gasteiger partial charge in [0.15, 0.2) is 0 Å². The Bertz CT molecular complexity index is 977. The van der Waals surface area contributed by atoms with Gasteiger partial charge in [-0.1, -0.05) is 6.07 Å². The van der Waals surface area contributed by atoms with Gasteiger partial charge in [-0.05, 0) is 30.3 Å². The number of methoxy groups -OCH3 is 2. The maximum atomic E-state index is 12.7. The quantitative estimate of drug-likeness (QED) is 0.726. The fourth-order valence-corrected chi connectivity index (χ4v) is 3.60. The van der Waals surface area contributed by atoms with Crippen LogP contribution in [0.25, 0.3) is 10.9 Å². The zero-order chi connectivity index (χ0) is 19.5. The fourth-order valence-electron chi connectivity index (χ4n) is 3.60. The lowest BCUT2D eigenvalue weighted by molar-refractivity contribution is 0.208. The van der Waals surface area contributed by atoms with Gasteiger partial charge in [0, 0.05) is 55.0 Å². The molecule has 0 radical (unpaired) electrons. The number of nitrogens with zero attached hydrogens (tertiary/aromatic N) is 2. The molecule has 0 atom stereocenters. The Morgan fingerprint density at radius 2 is 1.86 bits per heavy atom. The number of piperazine rings is 1. The predicted octanol–water partition coefficient (Wildman–Crippen LogP) is 3.54. The highest BCUT2D eigenvalue weighted by atomic mass is 16.5. The smallest absolute Gasteiger partial charge is 0.322 e. The molecule has 2 N–H and O–H groups in total. The van der Waals surface area contributed by atoms with Gasteiger partial charge in [-0.25, -0.2) is 4.79 Å². The first-order chi connectivity index (χ1) is 13.7. The van der Waals surface area contributed by atoms with Crippen molar-refractivity contribution >= 4 is 28.3 Å². The zero-order valence-electron chi connectivity index (χ0n) is 16.1. The molecule has 0 bridgehead atoms. The summed E-state index contributed by atoms with van der Waals surface area (Å²) in [7, 11) is 3.18. The number of amides is 2. The van der Waals surface area contributed by atoms with Crippen LogP contribution in [0.3, 0.4) is 0 Å². The number of aromatic amines is 1. The summed E-state index contributed by atoms with van der Waals surface area (Å²) in [5, 5.41) is 4.15. The summed E-state index contributed by atoms with van der Waals surface area (Å²) >= 11 is 0. The predicted molar refractivity (Wildman–Crippen MR) is 111 cm³/mol. The van der Waals surface area contributed by atoms with Crippen LogP contribution in [0.4, 0.5) is 16.2 Å². The molecule has 1 fully saturated rings. The number of benzene rings is 2. The summed E-state index contributed by atoms with van der Waals surface area (Å²) in [5.74, 6) is 1.27. The van der Waals surface area contributed by atoms with Gasteiger partial charge in [0.25, 0.3) is 0 Å². The second kappa shape index (κ2) is 7.72. The molecule has 0 unspecified atom stereocenters. The van der Waals surface area contributed by atoms with Crippen molar-refractivity contribution < 1.29 is 14.3 Å². The second-order valence-electron chi connectivity index (χ2n) is 6.69. The molecule has 7 heteroatoms.